The third kappa shape index (κ3) is 4.84. The summed E-state index contributed by atoms with van der Waals surface area (Å²) in [5, 5.41) is 4.46. The van der Waals surface area contributed by atoms with E-state index < -0.39 is 6.36 Å². The summed E-state index contributed by atoms with van der Waals surface area (Å²) in [6, 6.07) is 12.4. The van der Waals surface area contributed by atoms with E-state index in [1.54, 1.807) is 36.4 Å². The highest BCUT2D eigenvalue weighted by Gasteiger charge is 2.30. The number of aromatic nitrogens is 2. The molecule has 4 nitrogen and oxygen atoms in total. The lowest BCUT2D eigenvalue weighted by Crippen LogP contribution is -2.16. The molecule has 0 aliphatic rings. The first kappa shape index (κ1) is 17.0. The summed E-state index contributed by atoms with van der Waals surface area (Å²) < 4.78 is 45.2. The van der Waals surface area contributed by atoms with Crippen molar-refractivity contribution in [3.05, 3.63) is 65.0 Å². The van der Waals surface area contributed by atoms with Crippen LogP contribution in [0, 0.1) is 0 Å². The quantitative estimate of drug-likeness (QED) is 0.615. The number of alkyl halides is 3. The number of benzene rings is 2. The third-order valence-corrected chi connectivity index (χ3v) is 3.33. The van der Waals surface area contributed by atoms with Crippen molar-refractivity contribution in [3.63, 3.8) is 0 Å². The van der Waals surface area contributed by atoms with E-state index in [0.29, 0.717) is 16.4 Å². The SMILES string of the molecule is FC(F)(F)Oc1ccc(/C=C/c2nc(-c3ccc(Cl)cc3)no2)cc1. The Morgan fingerprint density at radius 2 is 1.64 bits per heavy atom. The normalized spacial score (nSPS) is 11.8. The number of halogens is 4. The zero-order valence-corrected chi connectivity index (χ0v) is 13.3. The lowest BCUT2D eigenvalue weighted by molar-refractivity contribution is -0.274. The van der Waals surface area contributed by atoms with Gasteiger partial charge in [-0.25, -0.2) is 0 Å². The Morgan fingerprint density at radius 3 is 2.28 bits per heavy atom. The fourth-order valence-corrected chi connectivity index (χ4v) is 2.09. The lowest BCUT2D eigenvalue weighted by Gasteiger charge is -2.08. The van der Waals surface area contributed by atoms with Crippen molar-refractivity contribution in [2.45, 2.75) is 6.36 Å². The van der Waals surface area contributed by atoms with Gasteiger partial charge in [0, 0.05) is 16.7 Å². The summed E-state index contributed by atoms with van der Waals surface area (Å²) in [6.07, 6.45) is -1.51. The van der Waals surface area contributed by atoms with Crippen LogP contribution in [0.1, 0.15) is 11.5 Å². The van der Waals surface area contributed by atoms with Gasteiger partial charge in [-0.3, -0.25) is 0 Å². The Balaban J connectivity index is 1.69. The van der Waals surface area contributed by atoms with Gasteiger partial charge < -0.3 is 9.26 Å². The molecule has 0 bridgehead atoms. The first-order valence-corrected chi connectivity index (χ1v) is 7.40. The zero-order chi connectivity index (χ0) is 17.9. The van der Waals surface area contributed by atoms with E-state index >= 15 is 0 Å². The van der Waals surface area contributed by atoms with E-state index in [0.717, 1.165) is 5.56 Å². The molecule has 0 spiro atoms. The highest BCUT2D eigenvalue weighted by atomic mass is 35.5. The molecule has 0 amide bonds. The standard InChI is InChI=1S/C17H10ClF3N2O2/c18-13-6-4-12(5-7-13)16-22-15(25-23-16)10-3-11-1-8-14(9-2-11)24-17(19,20)21/h1-10H/b10-3+. The van der Waals surface area contributed by atoms with Crippen LogP contribution >= 0.6 is 11.6 Å². The molecular weight excluding hydrogens is 357 g/mol. The van der Waals surface area contributed by atoms with Gasteiger partial charge in [0.15, 0.2) is 0 Å². The van der Waals surface area contributed by atoms with Gasteiger partial charge in [-0.05, 0) is 48.0 Å². The second-order valence-corrected chi connectivity index (χ2v) is 5.35. The van der Waals surface area contributed by atoms with Gasteiger partial charge in [0.05, 0.1) is 0 Å². The summed E-state index contributed by atoms with van der Waals surface area (Å²) in [5.41, 5.74) is 1.40. The minimum atomic E-state index is -4.71. The molecule has 1 heterocycles. The number of rotatable bonds is 4. The maximum absolute atomic E-state index is 12.1. The Hall–Kier alpha value is -2.80. The highest BCUT2D eigenvalue weighted by Crippen LogP contribution is 2.23. The number of nitrogens with zero attached hydrogens (tertiary/aromatic N) is 2. The minimum absolute atomic E-state index is 0.264. The van der Waals surface area contributed by atoms with Crippen LogP contribution in [0.3, 0.4) is 0 Å². The summed E-state index contributed by atoms with van der Waals surface area (Å²) in [6.45, 7) is 0. The molecular formula is C17H10ClF3N2O2. The first-order valence-electron chi connectivity index (χ1n) is 7.03. The molecule has 128 valence electrons. The van der Waals surface area contributed by atoms with Gasteiger partial charge in [-0.15, -0.1) is 13.2 Å². The van der Waals surface area contributed by atoms with Crippen molar-refractivity contribution >= 4 is 23.8 Å². The number of ether oxygens (including phenoxy) is 1. The van der Waals surface area contributed by atoms with Crippen LogP contribution in [-0.4, -0.2) is 16.5 Å². The molecule has 3 aromatic rings. The smallest absolute Gasteiger partial charge is 0.406 e. The largest absolute Gasteiger partial charge is 0.573 e. The summed E-state index contributed by atoms with van der Waals surface area (Å²) >= 11 is 5.82. The average Bonchev–Trinajstić information content (AvgIpc) is 3.02. The highest BCUT2D eigenvalue weighted by molar-refractivity contribution is 6.30. The first-order chi connectivity index (χ1) is 11.9. The van der Waals surface area contributed by atoms with Gasteiger partial charge in [0.2, 0.25) is 5.82 Å². The molecule has 0 N–H and O–H groups in total. The van der Waals surface area contributed by atoms with Crippen LogP contribution in [-0.2, 0) is 0 Å². The van der Waals surface area contributed by atoms with E-state index in [9.17, 15) is 13.2 Å². The lowest BCUT2D eigenvalue weighted by atomic mass is 10.2. The molecule has 25 heavy (non-hydrogen) atoms. The Morgan fingerprint density at radius 1 is 0.960 bits per heavy atom. The summed E-state index contributed by atoms with van der Waals surface area (Å²) in [4.78, 5) is 4.21. The van der Waals surface area contributed by atoms with Gasteiger partial charge in [0.1, 0.15) is 5.75 Å². The minimum Gasteiger partial charge on any atom is -0.406 e. The van der Waals surface area contributed by atoms with Crippen molar-refractivity contribution in [1.29, 1.82) is 0 Å². The van der Waals surface area contributed by atoms with Crippen LogP contribution in [0.2, 0.25) is 5.02 Å². The predicted octanol–water partition coefficient (Wildman–Crippen LogP) is 5.46. The maximum atomic E-state index is 12.1. The molecule has 0 aliphatic carbocycles. The molecule has 2 aromatic carbocycles. The molecule has 0 radical (unpaired) electrons. The van der Waals surface area contributed by atoms with Crippen molar-refractivity contribution in [2.24, 2.45) is 0 Å². The van der Waals surface area contributed by atoms with E-state index in [2.05, 4.69) is 14.9 Å². The van der Waals surface area contributed by atoms with Crippen LogP contribution in [0.15, 0.2) is 53.1 Å². The fraction of sp³-hybridized carbons (Fsp3) is 0.0588. The fourth-order valence-electron chi connectivity index (χ4n) is 1.97. The molecule has 1 aromatic heterocycles. The van der Waals surface area contributed by atoms with Crippen LogP contribution in [0.4, 0.5) is 13.2 Å². The van der Waals surface area contributed by atoms with E-state index in [-0.39, 0.29) is 11.6 Å². The summed E-state index contributed by atoms with van der Waals surface area (Å²) in [7, 11) is 0. The van der Waals surface area contributed by atoms with Crippen LogP contribution < -0.4 is 4.74 Å². The zero-order valence-electron chi connectivity index (χ0n) is 12.5. The molecule has 0 fully saturated rings. The van der Waals surface area contributed by atoms with Gasteiger partial charge in [-0.2, -0.15) is 4.98 Å². The van der Waals surface area contributed by atoms with E-state index in [4.69, 9.17) is 16.1 Å². The predicted molar refractivity (Wildman–Crippen MR) is 86.8 cm³/mol. The number of hydrogen-bond acceptors (Lipinski definition) is 4. The van der Waals surface area contributed by atoms with Crippen molar-refractivity contribution in [1.82, 2.24) is 10.1 Å². The number of hydrogen-bond donors (Lipinski definition) is 0. The monoisotopic (exact) mass is 366 g/mol. The summed E-state index contributed by atoms with van der Waals surface area (Å²) in [5.74, 6) is 0.387. The molecule has 0 saturated heterocycles. The van der Waals surface area contributed by atoms with Crippen molar-refractivity contribution < 1.29 is 22.4 Å². The van der Waals surface area contributed by atoms with Gasteiger partial charge in [-0.1, -0.05) is 28.9 Å². The second-order valence-electron chi connectivity index (χ2n) is 4.91. The van der Waals surface area contributed by atoms with Crippen LogP contribution in [0.5, 0.6) is 5.75 Å². The molecule has 0 saturated carbocycles. The van der Waals surface area contributed by atoms with Gasteiger partial charge in [0.25, 0.3) is 5.89 Å². The van der Waals surface area contributed by atoms with Crippen molar-refractivity contribution in [2.75, 3.05) is 0 Å². The maximum Gasteiger partial charge on any atom is 0.573 e. The van der Waals surface area contributed by atoms with Crippen LogP contribution in [0.25, 0.3) is 23.5 Å². The van der Waals surface area contributed by atoms with E-state index in [1.165, 1.54) is 24.3 Å². The Labute approximate surface area is 145 Å². The molecule has 3 rings (SSSR count). The second kappa shape index (κ2) is 6.98. The Kier molecular flexibility index (Phi) is 4.76. The Bertz CT molecular complexity index is 872. The molecule has 0 aliphatic heterocycles. The van der Waals surface area contributed by atoms with E-state index in [1.807, 2.05) is 0 Å². The van der Waals surface area contributed by atoms with Gasteiger partial charge >= 0.3 is 6.36 Å². The third-order valence-electron chi connectivity index (χ3n) is 3.08. The molecule has 8 heteroatoms. The topological polar surface area (TPSA) is 48.2 Å². The van der Waals surface area contributed by atoms with Crippen molar-refractivity contribution in [3.8, 4) is 17.1 Å². The average molecular weight is 367 g/mol. The molecule has 0 unspecified atom stereocenters. The molecule has 0 atom stereocenters.